The first-order valence-corrected chi connectivity index (χ1v) is 11.7. The number of hydrogen-bond acceptors (Lipinski definition) is 7. The van der Waals surface area contributed by atoms with Crippen molar-refractivity contribution in [2.45, 2.75) is 39.5 Å². The van der Waals surface area contributed by atoms with Gasteiger partial charge in [-0.3, -0.25) is 10.1 Å². The Balaban J connectivity index is 1.74. The van der Waals surface area contributed by atoms with E-state index in [-0.39, 0.29) is 5.69 Å². The average molecular weight is 470 g/mol. The first-order valence-electron chi connectivity index (χ1n) is 11.7. The summed E-state index contributed by atoms with van der Waals surface area (Å²) in [5, 5.41) is 24.0. The van der Waals surface area contributed by atoms with Crippen molar-refractivity contribution in [1.29, 1.82) is 5.26 Å². The van der Waals surface area contributed by atoms with Crippen LogP contribution in [0.5, 0.6) is 5.75 Å². The fourth-order valence-electron chi connectivity index (χ4n) is 4.56. The number of methoxy groups -OCH3 is 1. The van der Waals surface area contributed by atoms with Gasteiger partial charge in [0.15, 0.2) is 0 Å². The van der Waals surface area contributed by atoms with Gasteiger partial charge in [-0.2, -0.15) is 5.26 Å². The Morgan fingerprint density at radius 3 is 2.77 bits per heavy atom. The molecule has 0 saturated carbocycles. The first kappa shape index (κ1) is 23.9. The van der Waals surface area contributed by atoms with Crippen molar-refractivity contribution < 1.29 is 9.66 Å². The van der Waals surface area contributed by atoms with Crippen LogP contribution in [0.1, 0.15) is 54.6 Å². The van der Waals surface area contributed by atoms with Crippen LogP contribution in [0.25, 0.3) is 5.57 Å². The Hall–Kier alpha value is -4.25. The highest BCUT2D eigenvalue weighted by Crippen LogP contribution is 2.37. The van der Waals surface area contributed by atoms with E-state index in [9.17, 15) is 15.4 Å². The van der Waals surface area contributed by atoms with E-state index in [4.69, 9.17) is 9.72 Å². The van der Waals surface area contributed by atoms with Crippen molar-refractivity contribution in [2.75, 3.05) is 12.4 Å². The number of ether oxygens (including phenoxy) is 1. The number of rotatable bonds is 8. The Labute approximate surface area is 204 Å². The van der Waals surface area contributed by atoms with Crippen molar-refractivity contribution in [2.24, 2.45) is 5.92 Å². The van der Waals surface area contributed by atoms with Gasteiger partial charge < -0.3 is 10.1 Å². The Kier molecular flexibility index (Phi) is 7.06. The minimum Gasteiger partial charge on any atom is -0.495 e. The van der Waals surface area contributed by atoms with E-state index in [0.717, 1.165) is 41.7 Å². The molecule has 35 heavy (non-hydrogen) atoms. The summed E-state index contributed by atoms with van der Waals surface area (Å²) in [5.74, 6) is 1.15. The first-order chi connectivity index (χ1) is 17.0. The van der Waals surface area contributed by atoms with E-state index >= 15 is 0 Å². The number of nitrogens with one attached hydrogen (secondary N) is 1. The molecular weight excluding hydrogens is 442 g/mol. The number of fused-ring (bicyclic) bond motifs is 1. The maximum absolute atomic E-state index is 11.6. The van der Waals surface area contributed by atoms with Crippen LogP contribution in [0.4, 0.5) is 17.3 Å². The van der Waals surface area contributed by atoms with E-state index in [1.54, 1.807) is 12.3 Å². The second-order valence-corrected chi connectivity index (χ2v) is 8.50. The summed E-state index contributed by atoms with van der Waals surface area (Å²) in [6.45, 7) is 4.03. The van der Waals surface area contributed by atoms with Crippen molar-refractivity contribution in [3.8, 4) is 11.8 Å². The summed E-state index contributed by atoms with van der Waals surface area (Å²) in [4.78, 5) is 20.3. The van der Waals surface area contributed by atoms with Gasteiger partial charge in [0.05, 0.1) is 35.0 Å². The van der Waals surface area contributed by atoms with Crippen molar-refractivity contribution in [3.05, 3.63) is 86.7 Å². The van der Waals surface area contributed by atoms with E-state index < -0.39 is 4.92 Å². The quantitative estimate of drug-likeness (QED) is 0.319. The molecule has 0 saturated heterocycles. The highest BCUT2D eigenvalue weighted by molar-refractivity contribution is 5.82. The molecule has 0 aliphatic heterocycles. The number of nitro benzene ring substituents is 1. The molecule has 1 aliphatic rings. The SMILES string of the molecule is CCCC1C=C(c2ccnc(Nc3cc([N+](=O)[O-])c(CC)cc3OC)n2)c2ccc(C#N)cc2C1. The summed E-state index contributed by atoms with van der Waals surface area (Å²) in [6.07, 6.45) is 7.43. The molecule has 0 fully saturated rings. The van der Waals surface area contributed by atoms with E-state index in [0.29, 0.717) is 40.9 Å². The van der Waals surface area contributed by atoms with Gasteiger partial charge in [0.1, 0.15) is 5.75 Å². The van der Waals surface area contributed by atoms with Gasteiger partial charge in [0, 0.05) is 23.4 Å². The van der Waals surface area contributed by atoms with Crippen molar-refractivity contribution in [3.63, 3.8) is 0 Å². The Morgan fingerprint density at radius 2 is 2.09 bits per heavy atom. The highest BCUT2D eigenvalue weighted by Gasteiger charge is 2.23. The van der Waals surface area contributed by atoms with Crippen LogP contribution in [0.15, 0.2) is 48.7 Å². The molecule has 1 unspecified atom stereocenters. The van der Waals surface area contributed by atoms with E-state index in [1.165, 1.54) is 13.2 Å². The smallest absolute Gasteiger partial charge is 0.274 e. The number of aromatic nitrogens is 2. The lowest BCUT2D eigenvalue weighted by Gasteiger charge is -2.24. The molecule has 0 amide bonds. The average Bonchev–Trinajstić information content (AvgIpc) is 2.87. The van der Waals surface area contributed by atoms with Crippen LogP contribution in [-0.2, 0) is 12.8 Å². The predicted octanol–water partition coefficient (Wildman–Crippen LogP) is 5.98. The number of hydrogen-bond donors (Lipinski definition) is 1. The molecule has 0 radical (unpaired) electrons. The maximum atomic E-state index is 11.6. The number of allylic oxidation sites excluding steroid dienone is 1. The third kappa shape index (κ3) is 4.99. The molecule has 1 aliphatic carbocycles. The van der Waals surface area contributed by atoms with Crippen LogP contribution in [0.2, 0.25) is 0 Å². The van der Waals surface area contributed by atoms with Gasteiger partial charge in [-0.15, -0.1) is 0 Å². The number of nitriles is 1. The van der Waals surface area contributed by atoms with Crippen LogP contribution in [0.3, 0.4) is 0 Å². The molecule has 8 heteroatoms. The molecule has 4 rings (SSSR count). The van der Waals surface area contributed by atoms with Gasteiger partial charge >= 0.3 is 0 Å². The summed E-state index contributed by atoms with van der Waals surface area (Å²) in [5.41, 5.74) is 5.62. The minimum atomic E-state index is -0.395. The molecule has 8 nitrogen and oxygen atoms in total. The van der Waals surface area contributed by atoms with Gasteiger partial charge in [0.2, 0.25) is 5.95 Å². The molecule has 178 valence electrons. The van der Waals surface area contributed by atoms with Crippen molar-refractivity contribution in [1.82, 2.24) is 9.97 Å². The molecule has 0 bridgehead atoms. The van der Waals surface area contributed by atoms with Crippen LogP contribution < -0.4 is 10.1 Å². The summed E-state index contributed by atoms with van der Waals surface area (Å²) in [7, 11) is 1.52. The van der Waals surface area contributed by atoms with Gasteiger partial charge in [0.25, 0.3) is 5.69 Å². The monoisotopic (exact) mass is 469 g/mol. The summed E-state index contributed by atoms with van der Waals surface area (Å²) < 4.78 is 5.47. The zero-order valence-electron chi connectivity index (χ0n) is 20.0. The third-order valence-corrected chi connectivity index (χ3v) is 6.22. The molecule has 0 spiro atoms. The third-order valence-electron chi connectivity index (χ3n) is 6.22. The van der Waals surface area contributed by atoms with Crippen molar-refractivity contribution >= 4 is 22.9 Å². The zero-order valence-corrected chi connectivity index (χ0v) is 20.0. The highest BCUT2D eigenvalue weighted by atomic mass is 16.6. The molecule has 2 aromatic carbocycles. The maximum Gasteiger partial charge on any atom is 0.274 e. The van der Waals surface area contributed by atoms with Gasteiger partial charge in [-0.1, -0.05) is 32.4 Å². The Bertz CT molecular complexity index is 1340. The normalized spacial score (nSPS) is 14.5. The topological polar surface area (TPSA) is 114 Å². The lowest BCUT2D eigenvalue weighted by atomic mass is 9.81. The minimum absolute atomic E-state index is 0.0200. The van der Waals surface area contributed by atoms with E-state index in [1.807, 2.05) is 31.2 Å². The van der Waals surface area contributed by atoms with Crippen LogP contribution in [0, 0.1) is 27.4 Å². The molecule has 1 heterocycles. The number of aryl methyl sites for hydroxylation is 1. The largest absolute Gasteiger partial charge is 0.495 e. The number of benzene rings is 2. The van der Waals surface area contributed by atoms with Gasteiger partial charge in [-0.05, 0) is 60.6 Å². The van der Waals surface area contributed by atoms with Crippen LogP contribution in [-0.4, -0.2) is 22.0 Å². The van der Waals surface area contributed by atoms with E-state index in [2.05, 4.69) is 29.4 Å². The molecular formula is C27H27N5O3. The second kappa shape index (κ2) is 10.3. The summed E-state index contributed by atoms with van der Waals surface area (Å²) in [6, 6.07) is 13.0. The lowest BCUT2D eigenvalue weighted by Crippen LogP contribution is -2.12. The summed E-state index contributed by atoms with van der Waals surface area (Å²) >= 11 is 0. The molecule has 1 N–H and O–H groups in total. The number of anilines is 2. The van der Waals surface area contributed by atoms with Gasteiger partial charge in [-0.25, -0.2) is 9.97 Å². The standard InChI is InChI=1S/C27H27N5O3/c1-4-6-17-11-20-12-18(16-28)7-8-21(20)22(13-17)23-9-10-29-27(30-23)31-24-15-25(32(33)34)19(5-2)14-26(24)35-3/h7-10,12-15,17H,4-6,11H2,1-3H3,(H,29,30,31). The molecule has 3 aromatic rings. The fraction of sp³-hybridized carbons (Fsp3) is 0.296. The zero-order chi connectivity index (χ0) is 24.9. The fourth-order valence-corrected chi connectivity index (χ4v) is 4.56. The Morgan fingerprint density at radius 1 is 1.26 bits per heavy atom. The number of nitrogens with zero attached hydrogens (tertiary/aromatic N) is 4. The molecule has 1 atom stereocenters. The van der Waals surface area contributed by atoms with Crippen LogP contribution >= 0.6 is 0 Å². The second-order valence-electron chi connectivity index (χ2n) is 8.50. The number of nitro groups is 1. The lowest BCUT2D eigenvalue weighted by molar-refractivity contribution is -0.385. The molecule has 1 aromatic heterocycles. The predicted molar refractivity (Wildman–Crippen MR) is 135 cm³/mol.